The van der Waals surface area contributed by atoms with Crippen molar-refractivity contribution in [1.82, 2.24) is 10.3 Å². The van der Waals surface area contributed by atoms with E-state index in [1.165, 1.54) is 36.7 Å². The minimum absolute atomic E-state index is 0.139. The van der Waals surface area contributed by atoms with E-state index in [0.29, 0.717) is 29.0 Å². The molecule has 6 nitrogen and oxygen atoms in total. The van der Waals surface area contributed by atoms with Crippen LogP contribution in [0.1, 0.15) is 61.7 Å². The van der Waals surface area contributed by atoms with Gasteiger partial charge in [-0.3, -0.25) is 0 Å². The van der Waals surface area contributed by atoms with Crippen LogP contribution in [-0.2, 0) is 14.3 Å². The van der Waals surface area contributed by atoms with E-state index in [-0.39, 0.29) is 5.56 Å². The molecule has 2 unspecified atom stereocenters. The zero-order valence-electron chi connectivity index (χ0n) is 17.7. The molecule has 9 heteroatoms. The van der Waals surface area contributed by atoms with Gasteiger partial charge in [0.05, 0.1) is 29.2 Å². The summed E-state index contributed by atoms with van der Waals surface area (Å²) < 4.78 is 38.9. The zero-order valence-corrected chi connectivity index (χ0v) is 18.5. The second-order valence-corrected chi connectivity index (χ2v) is 9.06. The summed E-state index contributed by atoms with van der Waals surface area (Å²) in [6.45, 7) is 5.20. The van der Waals surface area contributed by atoms with Gasteiger partial charge in [-0.05, 0) is 50.8 Å². The van der Waals surface area contributed by atoms with Crippen LogP contribution in [0.5, 0.6) is 0 Å². The van der Waals surface area contributed by atoms with Crippen LogP contribution in [0.15, 0.2) is 29.8 Å². The molecule has 1 aliphatic rings. The van der Waals surface area contributed by atoms with Gasteiger partial charge in [0.2, 0.25) is 0 Å². The number of nitrogens with zero attached hydrogens (tertiary/aromatic N) is 1. The standard InChI is InChI=1S/C22H24F2N2O4S/c1-22(2,3)30-21(28)26-19-14(13-6-5-7-15(23)17(13)24)9-8-12(10-16(27)29-4)18-20(19)31-11-25-18/h5-7,10-11,14,19H,8-9H2,1-4H3,(H,26,28). The predicted octanol–water partition coefficient (Wildman–Crippen LogP) is 5.12. The van der Waals surface area contributed by atoms with Gasteiger partial charge in [0.25, 0.3) is 0 Å². The number of fused-ring (bicyclic) bond motifs is 1. The SMILES string of the molecule is COC(=O)C=C1CCC(c2cccc(F)c2F)C(NC(=O)OC(C)(C)C)c2scnc21. The Morgan fingerprint density at radius 1 is 1.29 bits per heavy atom. The topological polar surface area (TPSA) is 77.5 Å². The number of allylic oxidation sites excluding steroid dienone is 1. The van der Waals surface area contributed by atoms with E-state index >= 15 is 0 Å². The van der Waals surface area contributed by atoms with Crippen LogP contribution in [0.25, 0.3) is 5.57 Å². The second-order valence-electron chi connectivity index (χ2n) is 8.17. The fourth-order valence-electron chi connectivity index (χ4n) is 3.58. The van der Waals surface area contributed by atoms with Crippen molar-refractivity contribution in [2.75, 3.05) is 7.11 Å². The monoisotopic (exact) mass is 450 g/mol. The highest BCUT2D eigenvalue weighted by atomic mass is 32.1. The predicted molar refractivity (Wildman–Crippen MR) is 113 cm³/mol. The molecule has 1 aromatic carbocycles. The van der Waals surface area contributed by atoms with Crippen molar-refractivity contribution in [3.8, 4) is 0 Å². The maximum atomic E-state index is 14.7. The number of carbonyl (C=O) groups is 2. The highest BCUT2D eigenvalue weighted by Crippen LogP contribution is 2.45. The van der Waals surface area contributed by atoms with Gasteiger partial charge in [0.15, 0.2) is 11.6 Å². The Morgan fingerprint density at radius 2 is 2.03 bits per heavy atom. The van der Waals surface area contributed by atoms with E-state index in [9.17, 15) is 18.4 Å². The van der Waals surface area contributed by atoms with Crippen molar-refractivity contribution >= 4 is 29.0 Å². The van der Waals surface area contributed by atoms with Gasteiger partial charge in [0.1, 0.15) is 5.60 Å². The number of hydrogen-bond acceptors (Lipinski definition) is 6. The average Bonchev–Trinajstić information content (AvgIpc) is 3.12. The number of benzene rings is 1. The van der Waals surface area contributed by atoms with Crippen molar-refractivity contribution in [3.63, 3.8) is 0 Å². The molecule has 0 spiro atoms. The lowest BCUT2D eigenvalue weighted by Gasteiger charge is -2.28. The molecule has 1 N–H and O–H groups in total. The molecule has 0 saturated carbocycles. The van der Waals surface area contributed by atoms with Crippen LogP contribution in [0.2, 0.25) is 0 Å². The molecule has 166 valence electrons. The van der Waals surface area contributed by atoms with Gasteiger partial charge >= 0.3 is 12.1 Å². The molecular weight excluding hydrogens is 426 g/mol. The summed E-state index contributed by atoms with van der Waals surface area (Å²) in [4.78, 5) is 29.5. The van der Waals surface area contributed by atoms with Gasteiger partial charge in [-0.2, -0.15) is 0 Å². The van der Waals surface area contributed by atoms with Gasteiger partial charge in [0, 0.05) is 12.0 Å². The third-order valence-corrected chi connectivity index (χ3v) is 5.77. The van der Waals surface area contributed by atoms with E-state index in [2.05, 4.69) is 10.3 Å². The summed E-state index contributed by atoms with van der Waals surface area (Å²) >= 11 is 1.26. The number of aromatic nitrogens is 1. The summed E-state index contributed by atoms with van der Waals surface area (Å²) in [6, 6.07) is 3.26. The van der Waals surface area contributed by atoms with Crippen molar-refractivity contribution in [2.24, 2.45) is 0 Å². The minimum Gasteiger partial charge on any atom is -0.466 e. The smallest absolute Gasteiger partial charge is 0.408 e. The number of amides is 1. The van der Waals surface area contributed by atoms with Gasteiger partial charge in [-0.15, -0.1) is 11.3 Å². The lowest BCUT2D eigenvalue weighted by atomic mass is 9.87. The lowest BCUT2D eigenvalue weighted by Crippen LogP contribution is -2.37. The van der Waals surface area contributed by atoms with Crippen LogP contribution >= 0.6 is 11.3 Å². The summed E-state index contributed by atoms with van der Waals surface area (Å²) in [7, 11) is 1.27. The molecule has 1 amide bonds. The van der Waals surface area contributed by atoms with E-state index < -0.39 is 41.3 Å². The fraction of sp³-hybridized carbons (Fsp3) is 0.409. The number of thiazole rings is 1. The first-order valence-electron chi connectivity index (χ1n) is 9.76. The second kappa shape index (κ2) is 9.13. The molecule has 1 heterocycles. The Bertz CT molecular complexity index is 1010. The van der Waals surface area contributed by atoms with Crippen LogP contribution in [0, 0.1) is 11.6 Å². The minimum atomic E-state index is -0.965. The zero-order chi connectivity index (χ0) is 22.8. The summed E-state index contributed by atoms with van der Waals surface area (Å²) in [5.41, 5.74) is 2.12. The number of methoxy groups -OCH3 is 1. The van der Waals surface area contributed by atoms with Crippen molar-refractivity contribution < 1.29 is 27.8 Å². The number of ether oxygens (including phenoxy) is 2. The third-order valence-electron chi connectivity index (χ3n) is 4.85. The Balaban J connectivity index is 2.09. The number of esters is 1. The van der Waals surface area contributed by atoms with Crippen LogP contribution in [-0.4, -0.2) is 29.8 Å². The van der Waals surface area contributed by atoms with E-state index in [0.717, 1.165) is 6.07 Å². The molecule has 0 fully saturated rings. The molecule has 31 heavy (non-hydrogen) atoms. The van der Waals surface area contributed by atoms with Gasteiger partial charge in [-0.25, -0.2) is 23.4 Å². The molecule has 0 bridgehead atoms. The molecule has 1 aromatic heterocycles. The largest absolute Gasteiger partial charge is 0.466 e. The van der Waals surface area contributed by atoms with Crippen molar-refractivity contribution in [2.45, 2.75) is 51.2 Å². The Labute approximate surface area is 183 Å². The lowest BCUT2D eigenvalue weighted by molar-refractivity contribution is -0.134. The Kier molecular flexibility index (Phi) is 6.74. The van der Waals surface area contributed by atoms with E-state index in [1.54, 1.807) is 26.3 Å². The molecular formula is C22H24F2N2O4S. The number of rotatable bonds is 3. The number of nitrogens with one attached hydrogen (secondary N) is 1. The third kappa shape index (κ3) is 5.28. The van der Waals surface area contributed by atoms with E-state index in [1.807, 2.05) is 0 Å². The molecule has 0 aliphatic heterocycles. The van der Waals surface area contributed by atoms with Gasteiger partial charge in [-0.1, -0.05) is 12.1 Å². The molecule has 2 aromatic rings. The first-order chi connectivity index (χ1) is 14.6. The Hall–Kier alpha value is -2.81. The maximum Gasteiger partial charge on any atom is 0.408 e. The number of hydrogen-bond donors (Lipinski definition) is 1. The average molecular weight is 451 g/mol. The molecule has 0 radical (unpaired) electrons. The van der Waals surface area contributed by atoms with Crippen LogP contribution in [0.4, 0.5) is 13.6 Å². The first-order valence-corrected chi connectivity index (χ1v) is 10.6. The fourth-order valence-corrected chi connectivity index (χ4v) is 4.52. The summed E-state index contributed by atoms with van der Waals surface area (Å²) in [5, 5.41) is 2.82. The summed E-state index contributed by atoms with van der Waals surface area (Å²) in [6.07, 6.45) is 1.36. The number of halogens is 2. The quantitative estimate of drug-likeness (QED) is 0.399. The van der Waals surface area contributed by atoms with E-state index in [4.69, 9.17) is 9.47 Å². The maximum absolute atomic E-state index is 14.7. The summed E-state index contributed by atoms with van der Waals surface area (Å²) in [5.74, 6) is -3.07. The molecule has 0 saturated heterocycles. The highest BCUT2D eigenvalue weighted by Gasteiger charge is 2.36. The van der Waals surface area contributed by atoms with Crippen molar-refractivity contribution in [1.29, 1.82) is 0 Å². The Morgan fingerprint density at radius 3 is 2.71 bits per heavy atom. The first kappa shape index (κ1) is 22.9. The molecule has 1 aliphatic carbocycles. The highest BCUT2D eigenvalue weighted by molar-refractivity contribution is 7.10. The number of carbonyl (C=O) groups excluding carboxylic acids is 2. The normalized spacial score (nSPS) is 20.0. The van der Waals surface area contributed by atoms with Crippen LogP contribution in [0.3, 0.4) is 0 Å². The molecule has 3 rings (SSSR count). The van der Waals surface area contributed by atoms with Gasteiger partial charge < -0.3 is 14.8 Å². The molecule has 2 atom stereocenters. The number of alkyl carbamates (subject to hydrolysis) is 1. The van der Waals surface area contributed by atoms with Crippen molar-refractivity contribution in [3.05, 3.63) is 57.6 Å². The van der Waals surface area contributed by atoms with Crippen LogP contribution < -0.4 is 5.32 Å².